The summed E-state index contributed by atoms with van der Waals surface area (Å²) in [5, 5.41) is 0. The van der Waals surface area contributed by atoms with Crippen LogP contribution >= 0.6 is 0 Å². The number of carbonyl (C=O) groups is 1. The minimum Gasteiger partial charge on any atom is -0.473 e. The van der Waals surface area contributed by atoms with Crippen molar-refractivity contribution in [1.82, 2.24) is 0 Å². The van der Waals surface area contributed by atoms with Gasteiger partial charge in [0.2, 0.25) is 0 Å². The standard InChI is InChI=1S/C9H14O4/c1-8(10)11-6-7-13-9-4-2-3-5-12-9/h3,5,9H,2,4,6-7H2,1H3. The molecule has 0 spiro atoms. The molecule has 0 aromatic rings. The summed E-state index contributed by atoms with van der Waals surface area (Å²) in [6.07, 6.45) is 5.24. The van der Waals surface area contributed by atoms with Gasteiger partial charge in [0.25, 0.3) is 0 Å². The number of carbonyl (C=O) groups excluding carboxylic acids is 1. The Morgan fingerprint density at radius 1 is 1.62 bits per heavy atom. The van der Waals surface area contributed by atoms with E-state index in [4.69, 9.17) is 14.2 Å². The Morgan fingerprint density at radius 3 is 3.08 bits per heavy atom. The maximum absolute atomic E-state index is 10.4. The van der Waals surface area contributed by atoms with Crippen molar-refractivity contribution in [2.24, 2.45) is 0 Å². The average molecular weight is 186 g/mol. The largest absolute Gasteiger partial charge is 0.473 e. The van der Waals surface area contributed by atoms with Crippen molar-refractivity contribution in [2.45, 2.75) is 26.1 Å². The van der Waals surface area contributed by atoms with Gasteiger partial charge in [-0.15, -0.1) is 0 Å². The zero-order valence-corrected chi connectivity index (χ0v) is 7.69. The van der Waals surface area contributed by atoms with E-state index in [-0.39, 0.29) is 12.3 Å². The SMILES string of the molecule is CC(=O)OCCOC1CCC=CO1. The molecule has 0 N–H and O–H groups in total. The summed E-state index contributed by atoms with van der Waals surface area (Å²) in [5.74, 6) is -0.284. The van der Waals surface area contributed by atoms with Crippen molar-refractivity contribution in [3.8, 4) is 0 Å². The smallest absolute Gasteiger partial charge is 0.302 e. The van der Waals surface area contributed by atoms with Gasteiger partial charge < -0.3 is 14.2 Å². The summed E-state index contributed by atoms with van der Waals surface area (Å²) in [4.78, 5) is 10.4. The van der Waals surface area contributed by atoms with E-state index in [9.17, 15) is 4.79 Å². The molecule has 1 atom stereocenters. The van der Waals surface area contributed by atoms with Gasteiger partial charge in [0.15, 0.2) is 6.29 Å². The van der Waals surface area contributed by atoms with Crippen molar-refractivity contribution >= 4 is 5.97 Å². The first-order valence-corrected chi connectivity index (χ1v) is 4.34. The third-order valence-corrected chi connectivity index (χ3v) is 1.59. The van der Waals surface area contributed by atoms with Gasteiger partial charge in [0, 0.05) is 13.3 Å². The molecule has 1 unspecified atom stereocenters. The molecule has 0 saturated carbocycles. The molecular weight excluding hydrogens is 172 g/mol. The second-order valence-corrected chi connectivity index (χ2v) is 2.73. The molecule has 1 rings (SSSR count). The molecule has 0 bridgehead atoms. The zero-order chi connectivity index (χ0) is 9.52. The summed E-state index contributed by atoms with van der Waals surface area (Å²) < 4.78 is 15.1. The van der Waals surface area contributed by atoms with Crippen molar-refractivity contribution < 1.29 is 19.0 Å². The lowest BCUT2D eigenvalue weighted by Crippen LogP contribution is -2.20. The van der Waals surface area contributed by atoms with Crippen LogP contribution in [0.5, 0.6) is 0 Å². The van der Waals surface area contributed by atoms with Crippen LogP contribution in [-0.2, 0) is 19.0 Å². The van der Waals surface area contributed by atoms with Gasteiger partial charge in [-0.2, -0.15) is 0 Å². The van der Waals surface area contributed by atoms with E-state index in [2.05, 4.69) is 0 Å². The normalized spacial score (nSPS) is 20.8. The fourth-order valence-corrected chi connectivity index (χ4v) is 0.999. The maximum atomic E-state index is 10.4. The van der Waals surface area contributed by atoms with Gasteiger partial charge in [0.05, 0.1) is 12.9 Å². The molecule has 0 saturated heterocycles. The molecule has 0 aromatic heterocycles. The highest BCUT2D eigenvalue weighted by Gasteiger charge is 2.10. The first-order valence-electron chi connectivity index (χ1n) is 4.34. The number of allylic oxidation sites excluding steroid dienone is 1. The van der Waals surface area contributed by atoms with E-state index in [1.165, 1.54) is 6.92 Å². The number of esters is 1. The average Bonchev–Trinajstić information content (AvgIpc) is 2.14. The molecule has 0 fully saturated rings. The number of rotatable bonds is 4. The lowest BCUT2D eigenvalue weighted by atomic mass is 10.3. The molecule has 74 valence electrons. The van der Waals surface area contributed by atoms with Crippen LogP contribution in [0.15, 0.2) is 12.3 Å². The molecular formula is C9H14O4. The first kappa shape index (κ1) is 10.1. The Labute approximate surface area is 77.5 Å². The molecule has 1 heterocycles. The zero-order valence-electron chi connectivity index (χ0n) is 7.69. The molecule has 13 heavy (non-hydrogen) atoms. The molecule has 0 aromatic carbocycles. The highest BCUT2D eigenvalue weighted by Crippen LogP contribution is 2.10. The van der Waals surface area contributed by atoms with Crippen LogP contribution in [0.4, 0.5) is 0 Å². The van der Waals surface area contributed by atoms with E-state index >= 15 is 0 Å². The molecule has 0 aliphatic carbocycles. The Hall–Kier alpha value is -1.03. The number of hydrogen-bond donors (Lipinski definition) is 0. The summed E-state index contributed by atoms with van der Waals surface area (Å²) in [5.41, 5.74) is 0. The third-order valence-electron chi connectivity index (χ3n) is 1.59. The second kappa shape index (κ2) is 5.59. The van der Waals surface area contributed by atoms with E-state index in [0.717, 1.165) is 12.8 Å². The van der Waals surface area contributed by atoms with Crippen LogP contribution in [0, 0.1) is 0 Å². The molecule has 1 aliphatic rings. The fraction of sp³-hybridized carbons (Fsp3) is 0.667. The monoisotopic (exact) mass is 186 g/mol. The first-order chi connectivity index (χ1) is 6.29. The van der Waals surface area contributed by atoms with Gasteiger partial charge in [-0.1, -0.05) is 0 Å². The molecule has 0 radical (unpaired) electrons. The minimum atomic E-state index is -0.284. The Morgan fingerprint density at radius 2 is 2.46 bits per heavy atom. The number of ether oxygens (including phenoxy) is 3. The van der Waals surface area contributed by atoms with E-state index in [1.54, 1.807) is 6.26 Å². The lowest BCUT2D eigenvalue weighted by Gasteiger charge is -2.19. The van der Waals surface area contributed by atoms with Crippen LogP contribution in [-0.4, -0.2) is 25.5 Å². The molecule has 1 aliphatic heterocycles. The quantitative estimate of drug-likeness (QED) is 0.489. The Balaban J connectivity index is 1.99. The Kier molecular flexibility index (Phi) is 4.32. The second-order valence-electron chi connectivity index (χ2n) is 2.73. The van der Waals surface area contributed by atoms with Crippen molar-refractivity contribution in [2.75, 3.05) is 13.2 Å². The van der Waals surface area contributed by atoms with Gasteiger partial charge in [-0.25, -0.2) is 0 Å². The summed E-state index contributed by atoms with van der Waals surface area (Å²) in [6.45, 7) is 2.05. The summed E-state index contributed by atoms with van der Waals surface area (Å²) >= 11 is 0. The fourth-order valence-electron chi connectivity index (χ4n) is 0.999. The van der Waals surface area contributed by atoms with Crippen LogP contribution in [0.2, 0.25) is 0 Å². The minimum absolute atomic E-state index is 0.180. The van der Waals surface area contributed by atoms with Crippen molar-refractivity contribution in [3.63, 3.8) is 0 Å². The lowest BCUT2D eigenvalue weighted by molar-refractivity contribution is -0.151. The van der Waals surface area contributed by atoms with Crippen LogP contribution in [0.1, 0.15) is 19.8 Å². The van der Waals surface area contributed by atoms with Gasteiger partial charge in [-0.3, -0.25) is 4.79 Å². The maximum Gasteiger partial charge on any atom is 0.302 e. The predicted molar refractivity (Wildman–Crippen MR) is 45.8 cm³/mol. The summed E-state index contributed by atoms with van der Waals surface area (Å²) in [7, 11) is 0. The molecule has 0 amide bonds. The van der Waals surface area contributed by atoms with Gasteiger partial charge >= 0.3 is 5.97 Å². The van der Waals surface area contributed by atoms with Crippen molar-refractivity contribution in [3.05, 3.63) is 12.3 Å². The van der Waals surface area contributed by atoms with Crippen LogP contribution in [0.25, 0.3) is 0 Å². The van der Waals surface area contributed by atoms with Gasteiger partial charge in [-0.05, 0) is 12.5 Å². The van der Waals surface area contributed by atoms with E-state index < -0.39 is 0 Å². The highest BCUT2D eigenvalue weighted by molar-refractivity contribution is 5.65. The number of hydrogen-bond acceptors (Lipinski definition) is 4. The summed E-state index contributed by atoms with van der Waals surface area (Å²) in [6, 6.07) is 0. The molecule has 4 nitrogen and oxygen atoms in total. The topological polar surface area (TPSA) is 44.8 Å². The van der Waals surface area contributed by atoms with Gasteiger partial charge in [0.1, 0.15) is 6.61 Å². The highest BCUT2D eigenvalue weighted by atomic mass is 16.7. The van der Waals surface area contributed by atoms with Crippen LogP contribution in [0.3, 0.4) is 0 Å². The predicted octanol–water partition coefficient (Wildman–Crippen LogP) is 1.22. The third kappa shape index (κ3) is 4.52. The van der Waals surface area contributed by atoms with Crippen LogP contribution < -0.4 is 0 Å². The van der Waals surface area contributed by atoms with E-state index in [0.29, 0.717) is 13.2 Å². The Bertz CT molecular complexity index is 188. The molecule has 4 heteroatoms. The van der Waals surface area contributed by atoms with Crippen molar-refractivity contribution in [1.29, 1.82) is 0 Å². The van der Waals surface area contributed by atoms with E-state index in [1.807, 2.05) is 6.08 Å².